The van der Waals surface area contributed by atoms with Gasteiger partial charge in [0.15, 0.2) is 5.58 Å². The van der Waals surface area contributed by atoms with Gasteiger partial charge in [0.1, 0.15) is 22.9 Å². The molecule has 0 aliphatic heterocycles. The first-order valence-electron chi connectivity index (χ1n) is 9.20. The second-order valence-corrected chi connectivity index (χ2v) is 7.56. The maximum atomic E-state index is 13.1. The van der Waals surface area contributed by atoms with Gasteiger partial charge in [-0.15, -0.1) is 0 Å². The van der Waals surface area contributed by atoms with Gasteiger partial charge in [0, 0.05) is 15.6 Å². The van der Waals surface area contributed by atoms with Crippen molar-refractivity contribution in [2.24, 2.45) is 4.99 Å². The fourth-order valence-electron chi connectivity index (χ4n) is 3.04. The molecule has 146 valence electrons. The number of oxazole rings is 1. The third-order valence-corrected chi connectivity index (χ3v) is 5.09. The van der Waals surface area contributed by atoms with E-state index < -0.39 is 0 Å². The number of benzene rings is 3. The van der Waals surface area contributed by atoms with Crippen molar-refractivity contribution in [3.05, 3.63) is 94.9 Å². The lowest BCUT2D eigenvalue weighted by atomic mass is 10.2. The van der Waals surface area contributed by atoms with E-state index in [0.717, 1.165) is 26.8 Å². The number of halogens is 2. The van der Waals surface area contributed by atoms with Gasteiger partial charge < -0.3 is 8.83 Å². The highest BCUT2D eigenvalue weighted by atomic mass is 79.9. The van der Waals surface area contributed by atoms with E-state index in [1.54, 1.807) is 18.3 Å². The Kier molecular flexibility index (Phi) is 4.77. The average molecular weight is 461 g/mol. The highest BCUT2D eigenvalue weighted by Crippen LogP contribution is 2.28. The molecule has 0 aliphatic carbocycles. The molecule has 5 aromatic rings. The molecule has 0 saturated heterocycles. The van der Waals surface area contributed by atoms with Crippen LogP contribution in [0.1, 0.15) is 5.76 Å². The van der Waals surface area contributed by atoms with Crippen molar-refractivity contribution in [3.8, 4) is 22.8 Å². The lowest BCUT2D eigenvalue weighted by Crippen LogP contribution is -1.77. The zero-order chi connectivity index (χ0) is 20.5. The van der Waals surface area contributed by atoms with Crippen LogP contribution in [0.3, 0.4) is 0 Å². The second-order valence-electron chi connectivity index (χ2n) is 6.65. The number of hydrogen-bond donors (Lipinski definition) is 0. The first kappa shape index (κ1) is 18.5. The van der Waals surface area contributed by atoms with Crippen molar-refractivity contribution >= 4 is 38.9 Å². The summed E-state index contributed by atoms with van der Waals surface area (Å²) < 4.78 is 25.7. The normalized spacial score (nSPS) is 11.5. The van der Waals surface area contributed by atoms with Gasteiger partial charge in [-0.05, 0) is 78.9 Å². The van der Waals surface area contributed by atoms with Crippen LogP contribution >= 0.6 is 15.9 Å². The van der Waals surface area contributed by atoms with E-state index in [1.165, 1.54) is 12.1 Å². The summed E-state index contributed by atoms with van der Waals surface area (Å²) in [6, 6.07) is 23.2. The third-order valence-electron chi connectivity index (χ3n) is 4.56. The molecule has 2 heterocycles. The molecule has 0 bridgehead atoms. The van der Waals surface area contributed by atoms with Crippen molar-refractivity contribution in [1.29, 1.82) is 0 Å². The summed E-state index contributed by atoms with van der Waals surface area (Å²) in [5.41, 5.74) is 3.87. The van der Waals surface area contributed by atoms with Crippen molar-refractivity contribution < 1.29 is 13.2 Å². The summed E-state index contributed by atoms with van der Waals surface area (Å²) in [5.74, 6) is 1.54. The van der Waals surface area contributed by atoms with Crippen LogP contribution < -0.4 is 0 Å². The van der Waals surface area contributed by atoms with E-state index in [1.807, 2.05) is 54.6 Å². The molecular formula is C24H14BrFN2O2. The number of aromatic nitrogens is 1. The fraction of sp³-hybridized carbons (Fsp3) is 0. The van der Waals surface area contributed by atoms with E-state index in [2.05, 4.69) is 25.9 Å². The zero-order valence-electron chi connectivity index (χ0n) is 15.5. The van der Waals surface area contributed by atoms with Crippen molar-refractivity contribution in [3.63, 3.8) is 0 Å². The van der Waals surface area contributed by atoms with E-state index >= 15 is 0 Å². The molecule has 30 heavy (non-hydrogen) atoms. The Balaban J connectivity index is 1.38. The fourth-order valence-corrected chi connectivity index (χ4v) is 3.31. The molecule has 0 spiro atoms. The molecule has 2 aromatic heterocycles. The molecular weight excluding hydrogens is 447 g/mol. The van der Waals surface area contributed by atoms with E-state index in [0.29, 0.717) is 23.0 Å². The molecule has 0 unspecified atom stereocenters. The number of hydrogen-bond acceptors (Lipinski definition) is 4. The zero-order valence-corrected chi connectivity index (χ0v) is 17.1. The summed E-state index contributed by atoms with van der Waals surface area (Å²) >= 11 is 3.43. The van der Waals surface area contributed by atoms with Gasteiger partial charge >= 0.3 is 0 Å². The Labute approximate surface area is 179 Å². The monoisotopic (exact) mass is 460 g/mol. The van der Waals surface area contributed by atoms with Crippen LogP contribution in [0, 0.1) is 5.82 Å². The molecule has 0 atom stereocenters. The van der Waals surface area contributed by atoms with E-state index in [4.69, 9.17) is 8.83 Å². The van der Waals surface area contributed by atoms with Crippen LogP contribution in [0.25, 0.3) is 33.9 Å². The van der Waals surface area contributed by atoms with Crippen LogP contribution in [-0.4, -0.2) is 11.2 Å². The minimum Gasteiger partial charge on any atom is -0.455 e. The largest absolute Gasteiger partial charge is 0.455 e. The smallest absolute Gasteiger partial charge is 0.227 e. The first-order chi connectivity index (χ1) is 14.6. The Morgan fingerprint density at radius 3 is 2.40 bits per heavy atom. The van der Waals surface area contributed by atoms with Crippen molar-refractivity contribution in [1.82, 2.24) is 4.98 Å². The quantitative estimate of drug-likeness (QED) is 0.262. The Hall–Kier alpha value is -3.51. The maximum absolute atomic E-state index is 13.1. The SMILES string of the molecule is Fc1ccc(-c2ccc(C=Nc3ccc4oc(-c5ccc(Br)cc5)nc4c3)o2)cc1. The highest BCUT2D eigenvalue weighted by Gasteiger charge is 2.09. The molecule has 0 aliphatic rings. The number of rotatable bonds is 4. The maximum Gasteiger partial charge on any atom is 0.227 e. The summed E-state index contributed by atoms with van der Waals surface area (Å²) in [6.45, 7) is 0. The molecule has 0 fully saturated rings. The van der Waals surface area contributed by atoms with Gasteiger partial charge in [-0.25, -0.2) is 9.37 Å². The van der Waals surface area contributed by atoms with Gasteiger partial charge in [-0.3, -0.25) is 4.99 Å². The molecule has 0 saturated carbocycles. The summed E-state index contributed by atoms with van der Waals surface area (Å²) in [7, 11) is 0. The van der Waals surface area contributed by atoms with Gasteiger partial charge in [0.2, 0.25) is 5.89 Å². The summed E-state index contributed by atoms with van der Waals surface area (Å²) in [4.78, 5) is 9.04. The van der Waals surface area contributed by atoms with Crippen LogP contribution in [0.5, 0.6) is 0 Å². The molecule has 6 heteroatoms. The van der Waals surface area contributed by atoms with Crippen LogP contribution in [-0.2, 0) is 0 Å². The van der Waals surface area contributed by atoms with Gasteiger partial charge in [0.25, 0.3) is 0 Å². The van der Waals surface area contributed by atoms with Crippen LogP contribution in [0.2, 0.25) is 0 Å². The molecule has 0 amide bonds. The van der Waals surface area contributed by atoms with Gasteiger partial charge in [-0.1, -0.05) is 15.9 Å². The average Bonchev–Trinajstić information content (AvgIpc) is 3.40. The number of aliphatic imine (C=N–C) groups is 1. The van der Waals surface area contributed by atoms with Crippen LogP contribution in [0.4, 0.5) is 10.1 Å². The Bertz CT molecular complexity index is 1350. The lowest BCUT2D eigenvalue weighted by Gasteiger charge is -1.96. The molecule has 3 aromatic carbocycles. The third kappa shape index (κ3) is 3.82. The highest BCUT2D eigenvalue weighted by molar-refractivity contribution is 9.10. The number of furan rings is 1. The van der Waals surface area contributed by atoms with E-state index in [-0.39, 0.29) is 5.82 Å². The lowest BCUT2D eigenvalue weighted by molar-refractivity contribution is 0.574. The topological polar surface area (TPSA) is 51.5 Å². The molecule has 5 rings (SSSR count). The van der Waals surface area contributed by atoms with Gasteiger partial charge in [0.05, 0.1) is 11.9 Å². The standard InChI is InChI=1S/C24H14BrFN2O2/c25-17-5-1-16(2-6-17)24-28-21-13-19(9-11-23(21)30-24)27-14-20-10-12-22(29-20)15-3-7-18(26)8-4-15/h1-14H. The van der Waals surface area contributed by atoms with Gasteiger partial charge in [-0.2, -0.15) is 0 Å². The minimum atomic E-state index is -0.279. The van der Waals surface area contributed by atoms with Crippen LogP contribution in [0.15, 0.2) is 97.2 Å². The first-order valence-corrected chi connectivity index (χ1v) is 10.00. The number of nitrogens with zero attached hydrogens (tertiary/aromatic N) is 2. The second kappa shape index (κ2) is 7.72. The minimum absolute atomic E-state index is 0.279. The number of fused-ring (bicyclic) bond motifs is 1. The molecule has 0 radical (unpaired) electrons. The Morgan fingerprint density at radius 1 is 0.833 bits per heavy atom. The van der Waals surface area contributed by atoms with Crippen molar-refractivity contribution in [2.45, 2.75) is 0 Å². The van der Waals surface area contributed by atoms with Crippen molar-refractivity contribution in [2.75, 3.05) is 0 Å². The molecule has 4 nitrogen and oxygen atoms in total. The summed E-state index contributed by atoms with van der Waals surface area (Å²) in [6.07, 6.45) is 1.64. The predicted octanol–water partition coefficient (Wildman–Crippen LogP) is 7.41. The Morgan fingerprint density at radius 2 is 1.60 bits per heavy atom. The summed E-state index contributed by atoms with van der Waals surface area (Å²) in [5, 5.41) is 0. The predicted molar refractivity (Wildman–Crippen MR) is 119 cm³/mol. The molecule has 0 N–H and O–H groups in total. The van der Waals surface area contributed by atoms with E-state index in [9.17, 15) is 4.39 Å².